The number of amides is 2. The summed E-state index contributed by atoms with van der Waals surface area (Å²) >= 11 is 5.11. The van der Waals surface area contributed by atoms with Gasteiger partial charge in [-0.2, -0.15) is 0 Å². The van der Waals surface area contributed by atoms with E-state index < -0.39 is 5.41 Å². The minimum absolute atomic E-state index is 0.0513. The molecule has 0 atom stereocenters. The Kier molecular flexibility index (Phi) is 3.85. The number of carbonyl (C=O) groups excluding carboxylic acids is 2. The fraction of sp³-hybridized carbons (Fsp3) is 0.750. The van der Waals surface area contributed by atoms with Crippen LogP contribution in [0.5, 0.6) is 0 Å². The first-order valence-electron chi connectivity index (χ1n) is 6.42. The maximum atomic E-state index is 12.6. The van der Waals surface area contributed by atoms with Gasteiger partial charge in [0.05, 0.1) is 16.9 Å². The fourth-order valence-corrected chi connectivity index (χ4v) is 3.12. The molecular formula is C12H19N3O2S. The van der Waals surface area contributed by atoms with Gasteiger partial charge in [-0.25, -0.2) is 0 Å². The van der Waals surface area contributed by atoms with Crippen LogP contribution < -0.4 is 11.1 Å². The van der Waals surface area contributed by atoms with Crippen LogP contribution in [0.1, 0.15) is 32.1 Å². The molecule has 1 saturated carbocycles. The normalized spacial score (nSPS) is 23.3. The summed E-state index contributed by atoms with van der Waals surface area (Å²) in [5.41, 5.74) is 5.10. The summed E-state index contributed by atoms with van der Waals surface area (Å²) in [4.78, 5) is 26.1. The largest absolute Gasteiger partial charge is 0.392 e. The van der Waals surface area contributed by atoms with E-state index in [9.17, 15) is 9.59 Å². The highest BCUT2D eigenvalue weighted by atomic mass is 32.1. The molecule has 0 bridgehead atoms. The Morgan fingerprint density at radius 2 is 2.00 bits per heavy atom. The molecule has 5 nitrogen and oxygen atoms in total. The average molecular weight is 269 g/mol. The molecule has 2 rings (SSSR count). The number of nitrogens with two attached hydrogens (primary N) is 1. The van der Waals surface area contributed by atoms with Crippen LogP contribution in [-0.2, 0) is 9.59 Å². The molecule has 2 amide bonds. The molecule has 3 N–H and O–H groups in total. The van der Waals surface area contributed by atoms with Crippen molar-refractivity contribution in [3.63, 3.8) is 0 Å². The number of rotatable bonds is 2. The molecule has 6 heteroatoms. The van der Waals surface area contributed by atoms with Crippen LogP contribution in [0.25, 0.3) is 0 Å². The molecule has 18 heavy (non-hydrogen) atoms. The lowest BCUT2D eigenvalue weighted by molar-refractivity contribution is -0.140. The summed E-state index contributed by atoms with van der Waals surface area (Å²) in [5, 5.41) is 2.76. The van der Waals surface area contributed by atoms with Crippen LogP contribution in [0.2, 0.25) is 0 Å². The molecule has 0 unspecified atom stereocenters. The van der Waals surface area contributed by atoms with Gasteiger partial charge in [0, 0.05) is 13.1 Å². The summed E-state index contributed by atoms with van der Waals surface area (Å²) in [6.45, 7) is 1.35. The van der Waals surface area contributed by atoms with Crippen molar-refractivity contribution in [1.82, 2.24) is 10.2 Å². The van der Waals surface area contributed by atoms with Crippen LogP contribution >= 0.6 is 12.2 Å². The third-order valence-electron chi connectivity index (χ3n) is 3.89. The van der Waals surface area contributed by atoms with E-state index in [2.05, 4.69) is 5.32 Å². The van der Waals surface area contributed by atoms with Crippen LogP contribution in [0.4, 0.5) is 0 Å². The Hall–Kier alpha value is -1.17. The molecule has 0 radical (unpaired) electrons. The molecule has 2 aliphatic rings. The Morgan fingerprint density at radius 1 is 1.33 bits per heavy atom. The number of nitrogens with zero attached hydrogens (tertiary/aromatic N) is 1. The SMILES string of the molecule is NC(=S)C1(C(=O)N2CCCNC(=O)C2)CCCC1. The predicted molar refractivity (Wildman–Crippen MR) is 71.9 cm³/mol. The highest BCUT2D eigenvalue weighted by Crippen LogP contribution is 2.40. The summed E-state index contributed by atoms with van der Waals surface area (Å²) in [7, 11) is 0. The minimum atomic E-state index is -0.694. The lowest BCUT2D eigenvalue weighted by Gasteiger charge is -2.32. The van der Waals surface area contributed by atoms with Gasteiger partial charge < -0.3 is 16.0 Å². The zero-order chi connectivity index (χ0) is 13.2. The third kappa shape index (κ3) is 2.34. The number of nitrogens with one attached hydrogen (secondary N) is 1. The maximum absolute atomic E-state index is 12.6. The van der Waals surface area contributed by atoms with Crippen LogP contribution in [0.15, 0.2) is 0 Å². The minimum Gasteiger partial charge on any atom is -0.392 e. The van der Waals surface area contributed by atoms with E-state index in [1.54, 1.807) is 4.90 Å². The quantitative estimate of drug-likeness (QED) is 0.701. The van der Waals surface area contributed by atoms with Gasteiger partial charge in [0.25, 0.3) is 0 Å². The molecular weight excluding hydrogens is 250 g/mol. The van der Waals surface area contributed by atoms with Crippen molar-refractivity contribution in [3.05, 3.63) is 0 Å². The van der Waals surface area contributed by atoms with Gasteiger partial charge in [0.1, 0.15) is 0 Å². The van der Waals surface area contributed by atoms with E-state index in [4.69, 9.17) is 18.0 Å². The van der Waals surface area contributed by atoms with Gasteiger partial charge in [0.2, 0.25) is 11.8 Å². The molecule has 1 heterocycles. The Bertz CT molecular complexity index is 378. The Labute approximate surface area is 112 Å². The third-order valence-corrected chi connectivity index (χ3v) is 4.28. The van der Waals surface area contributed by atoms with Gasteiger partial charge in [0.15, 0.2) is 0 Å². The van der Waals surface area contributed by atoms with E-state index in [0.29, 0.717) is 13.1 Å². The van der Waals surface area contributed by atoms with E-state index in [1.165, 1.54) is 0 Å². The molecule has 0 aromatic heterocycles. The maximum Gasteiger partial charge on any atom is 0.239 e. The Balaban J connectivity index is 2.17. The molecule has 1 aliphatic heterocycles. The highest BCUT2D eigenvalue weighted by molar-refractivity contribution is 7.80. The summed E-state index contributed by atoms with van der Waals surface area (Å²) in [6, 6.07) is 0. The van der Waals surface area contributed by atoms with E-state index in [1.807, 2.05) is 0 Å². The molecule has 0 aromatic rings. The van der Waals surface area contributed by atoms with E-state index >= 15 is 0 Å². The van der Waals surface area contributed by atoms with Gasteiger partial charge >= 0.3 is 0 Å². The van der Waals surface area contributed by atoms with Crippen LogP contribution in [0.3, 0.4) is 0 Å². The van der Waals surface area contributed by atoms with Crippen LogP contribution in [-0.4, -0.2) is 41.3 Å². The van der Waals surface area contributed by atoms with E-state index in [0.717, 1.165) is 32.1 Å². The van der Waals surface area contributed by atoms with Gasteiger partial charge in [-0.1, -0.05) is 25.1 Å². The second-order valence-electron chi connectivity index (χ2n) is 5.08. The monoisotopic (exact) mass is 269 g/mol. The molecule has 1 saturated heterocycles. The fourth-order valence-electron chi connectivity index (χ4n) is 2.83. The first kappa shape index (κ1) is 13.3. The molecule has 0 spiro atoms. The first-order valence-corrected chi connectivity index (χ1v) is 6.83. The van der Waals surface area contributed by atoms with Gasteiger partial charge in [-0.15, -0.1) is 0 Å². The van der Waals surface area contributed by atoms with Crippen molar-refractivity contribution < 1.29 is 9.59 Å². The zero-order valence-electron chi connectivity index (χ0n) is 10.4. The van der Waals surface area contributed by atoms with Crippen molar-refractivity contribution in [1.29, 1.82) is 0 Å². The highest BCUT2D eigenvalue weighted by Gasteiger charge is 2.46. The molecule has 1 aliphatic carbocycles. The topological polar surface area (TPSA) is 75.4 Å². The second kappa shape index (κ2) is 5.22. The van der Waals surface area contributed by atoms with Crippen molar-refractivity contribution in [3.8, 4) is 0 Å². The number of carbonyl (C=O) groups is 2. The smallest absolute Gasteiger partial charge is 0.239 e. The summed E-state index contributed by atoms with van der Waals surface area (Å²) in [5.74, 6) is -0.151. The lowest BCUT2D eigenvalue weighted by atomic mass is 9.84. The summed E-state index contributed by atoms with van der Waals surface area (Å²) in [6.07, 6.45) is 4.18. The van der Waals surface area contributed by atoms with Gasteiger partial charge in [-0.05, 0) is 19.3 Å². The molecule has 2 fully saturated rings. The number of hydrogen-bond acceptors (Lipinski definition) is 3. The lowest BCUT2D eigenvalue weighted by Crippen LogP contribution is -2.50. The van der Waals surface area contributed by atoms with Crippen molar-refractivity contribution >= 4 is 29.0 Å². The van der Waals surface area contributed by atoms with Crippen molar-refractivity contribution in [2.24, 2.45) is 11.1 Å². The number of hydrogen-bond donors (Lipinski definition) is 2. The van der Waals surface area contributed by atoms with Crippen LogP contribution in [0, 0.1) is 5.41 Å². The van der Waals surface area contributed by atoms with Crippen molar-refractivity contribution in [2.45, 2.75) is 32.1 Å². The predicted octanol–water partition coefficient (Wildman–Crippen LogP) is 0.181. The molecule has 0 aromatic carbocycles. The number of thiocarbonyl (C=S) groups is 1. The van der Waals surface area contributed by atoms with E-state index in [-0.39, 0.29) is 23.3 Å². The summed E-state index contributed by atoms with van der Waals surface area (Å²) < 4.78 is 0. The van der Waals surface area contributed by atoms with Crippen molar-refractivity contribution in [2.75, 3.05) is 19.6 Å². The zero-order valence-corrected chi connectivity index (χ0v) is 11.2. The first-order chi connectivity index (χ1) is 8.56. The van der Waals surface area contributed by atoms with Gasteiger partial charge in [-0.3, -0.25) is 9.59 Å². The Morgan fingerprint density at radius 3 is 2.61 bits per heavy atom. The average Bonchev–Trinajstić information content (AvgIpc) is 2.73. The molecule has 100 valence electrons. The second-order valence-corrected chi connectivity index (χ2v) is 5.52. The standard InChI is InChI=1S/C12H19N3O2S/c13-10(18)12(4-1-2-5-12)11(17)15-7-3-6-14-9(16)8-15/h1-8H2,(H2,13,18)(H,14,16).